The SMILES string of the molecule is NC(=O)C(CSc1nccs1)NC1CC1. The predicted octanol–water partition coefficient (Wildman–Crippen LogP) is 0.841. The molecule has 1 aromatic rings. The zero-order valence-corrected chi connectivity index (χ0v) is 9.81. The molecule has 4 nitrogen and oxygen atoms in total. The van der Waals surface area contributed by atoms with Gasteiger partial charge in [0.05, 0.1) is 6.04 Å². The van der Waals surface area contributed by atoms with Crippen LogP contribution in [0.25, 0.3) is 0 Å². The van der Waals surface area contributed by atoms with E-state index in [4.69, 9.17) is 5.73 Å². The molecule has 1 saturated carbocycles. The maximum absolute atomic E-state index is 11.2. The van der Waals surface area contributed by atoms with Gasteiger partial charge in [-0.15, -0.1) is 11.3 Å². The van der Waals surface area contributed by atoms with Gasteiger partial charge in [-0.1, -0.05) is 11.8 Å². The molecular weight excluding hydrogens is 230 g/mol. The highest BCUT2D eigenvalue weighted by Crippen LogP contribution is 2.23. The number of carbonyl (C=O) groups excluding carboxylic acids is 1. The number of carbonyl (C=O) groups is 1. The van der Waals surface area contributed by atoms with Gasteiger partial charge in [0, 0.05) is 23.4 Å². The maximum Gasteiger partial charge on any atom is 0.235 e. The van der Waals surface area contributed by atoms with Gasteiger partial charge < -0.3 is 11.1 Å². The predicted molar refractivity (Wildman–Crippen MR) is 62.0 cm³/mol. The van der Waals surface area contributed by atoms with Crippen LogP contribution < -0.4 is 11.1 Å². The lowest BCUT2D eigenvalue weighted by molar-refractivity contribution is -0.119. The third-order valence-corrected chi connectivity index (χ3v) is 4.20. The zero-order chi connectivity index (χ0) is 10.7. The van der Waals surface area contributed by atoms with Gasteiger partial charge in [-0.05, 0) is 12.8 Å². The van der Waals surface area contributed by atoms with Gasteiger partial charge in [0.1, 0.15) is 4.34 Å². The van der Waals surface area contributed by atoms with Gasteiger partial charge in [-0.3, -0.25) is 4.79 Å². The number of primary amides is 1. The second-order valence-electron chi connectivity index (χ2n) is 3.50. The number of rotatable bonds is 6. The molecule has 0 bridgehead atoms. The lowest BCUT2D eigenvalue weighted by Gasteiger charge is -2.13. The average molecular weight is 243 g/mol. The Morgan fingerprint density at radius 1 is 1.80 bits per heavy atom. The Bertz CT molecular complexity index is 324. The summed E-state index contributed by atoms with van der Waals surface area (Å²) in [6.45, 7) is 0. The summed E-state index contributed by atoms with van der Waals surface area (Å²) in [6.07, 6.45) is 4.08. The van der Waals surface area contributed by atoms with E-state index in [0.717, 1.165) is 17.2 Å². The monoisotopic (exact) mass is 243 g/mol. The van der Waals surface area contributed by atoms with Gasteiger partial charge in [0.15, 0.2) is 0 Å². The molecule has 0 spiro atoms. The van der Waals surface area contributed by atoms with Crippen LogP contribution in [0.2, 0.25) is 0 Å². The third-order valence-electron chi connectivity index (χ3n) is 2.14. The van der Waals surface area contributed by atoms with Crippen molar-refractivity contribution >= 4 is 29.0 Å². The molecule has 6 heteroatoms. The molecule has 0 aliphatic heterocycles. The normalized spacial score (nSPS) is 17.6. The molecule has 1 unspecified atom stereocenters. The molecule has 0 saturated heterocycles. The molecular formula is C9H13N3OS2. The average Bonchev–Trinajstić information content (AvgIpc) is 2.87. The number of nitrogens with one attached hydrogen (secondary N) is 1. The summed E-state index contributed by atoms with van der Waals surface area (Å²) in [6, 6.07) is 0.269. The van der Waals surface area contributed by atoms with Crippen molar-refractivity contribution < 1.29 is 4.79 Å². The van der Waals surface area contributed by atoms with E-state index in [2.05, 4.69) is 10.3 Å². The number of amides is 1. The minimum atomic E-state index is -0.272. The van der Waals surface area contributed by atoms with Crippen molar-refractivity contribution in [1.82, 2.24) is 10.3 Å². The fraction of sp³-hybridized carbons (Fsp3) is 0.556. The van der Waals surface area contributed by atoms with E-state index in [1.54, 1.807) is 29.3 Å². The van der Waals surface area contributed by atoms with E-state index in [-0.39, 0.29) is 11.9 Å². The summed E-state index contributed by atoms with van der Waals surface area (Å²) in [5, 5.41) is 5.16. The number of aromatic nitrogens is 1. The first-order valence-electron chi connectivity index (χ1n) is 4.83. The fourth-order valence-electron chi connectivity index (χ4n) is 1.18. The van der Waals surface area contributed by atoms with Crippen LogP contribution in [0.15, 0.2) is 15.9 Å². The van der Waals surface area contributed by atoms with Crippen molar-refractivity contribution in [3.05, 3.63) is 11.6 Å². The molecule has 0 aromatic carbocycles. The highest BCUT2D eigenvalue weighted by Gasteiger charge is 2.27. The van der Waals surface area contributed by atoms with Crippen molar-refractivity contribution in [1.29, 1.82) is 0 Å². The molecule has 0 radical (unpaired) electrons. The standard InChI is InChI=1S/C9H13N3OS2/c10-8(13)7(12-6-1-2-6)5-15-9-11-3-4-14-9/h3-4,6-7,12H,1-2,5H2,(H2,10,13). The quantitative estimate of drug-likeness (QED) is 0.727. The molecule has 1 amide bonds. The Labute approximate surface area is 96.6 Å². The lowest BCUT2D eigenvalue weighted by Crippen LogP contribution is -2.44. The number of thioether (sulfide) groups is 1. The Morgan fingerprint density at radius 2 is 2.60 bits per heavy atom. The summed E-state index contributed by atoms with van der Waals surface area (Å²) in [5.41, 5.74) is 5.32. The first-order chi connectivity index (χ1) is 7.25. The van der Waals surface area contributed by atoms with Crippen molar-refractivity contribution in [2.75, 3.05) is 5.75 Å². The van der Waals surface area contributed by atoms with Gasteiger partial charge >= 0.3 is 0 Å². The van der Waals surface area contributed by atoms with Crippen LogP contribution in [0.3, 0.4) is 0 Å². The summed E-state index contributed by atoms with van der Waals surface area (Å²) < 4.78 is 0.985. The molecule has 1 fully saturated rings. The van der Waals surface area contributed by atoms with E-state index in [0.29, 0.717) is 11.8 Å². The van der Waals surface area contributed by atoms with Crippen molar-refractivity contribution in [3.8, 4) is 0 Å². The van der Waals surface area contributed by atoms with Crippen LogP contribution >= 0.6 is 23.1 Å². The molecule has 1 atom stereocenters. The summed E-state index contributed by atoms with van der Waals surface area (Å²) >= 11 is 3.16. The van der Waals surface area contributed by atoms with Gasteiger partial charge in [0.25, 0.3) is 0 Å². The second-order valence-corrected chi connectivity index (χ2v) is 5.67. The third kappa shape index (κ3) is 3.48. The van der Waals surface area contributed by atoms with Crippen LogP contribution in [0.1, 0.15) is 12.8 Å². The van der Waals surface area contributed by atoms with E-state index >= 15 is 0 Å². The Balaban J connectivity index is 1.80. The molecule has 1 aliphatic carbocycles. The molecule has 82 valence electrons. The number of hydrogen-bond donors (Lipinski definition) is 2. The van der Waals surface area contributed by atoms with Crippen molar-refractivity contribution in [2.45, 2.75) is 29.3 Å². The molecule has 2 rings (SSSR count). The molecule has 15 heavy (non-hydrogen) atoms. The fourth-order valence-corrected chi connectivity index (χ4v) is 2.89. The number of thiazole rings is 1. The zero-order valence-electron chi connectivity index (χ0n) is 8.18. The number of nitrogens with two attached hydrogens (primary N) is 1. The van der Waals surface area contributed by atoms with Crippen LogP contribution in [-0.2, 0) is 4.79 Å². The number of nitrogens with zero attached hydrogens (tertiary/aromatic N) is 1. The lowest BCUT2D eigenvalue weighted by atomic mass is 10.3. The van der Waals surface area contributed by atoms with Crippen molar-refractivity contribution in [2.24, 2.45) is 5.73 Å². The van der Waals surface area contributed by atoms with Crippen LogP contribution in [0.4, 0.5) is 0 Å². The Morgan fingerprint density at radius 3 is 3.13 bits per heavy atom. The first-order valence-corrected chi connectivity index (χ1v) is 6.70. The minimum Gasteiger partial charge on any atom is -0.368 e. The summed E-state index contributed by atoms with van der Waals surface area (Å²) in [5.74, 6) is 0.394. The first kappa shape index (κ1) is 10.9. The topological polar surface area (TPSA) is 68.0 Å². The highest BCUT2D eigenvalue weighted by molar-refractivity contribution is 8.01. The molecule has 1 aromatic heterocycles. The molecule has 1 aliphatic rings. The van der Waals surface area contributed by atoms with Crippen LogP contribution in [-0.4, -0.2) is 28.7 Å². The Kier molecular flexibility index (Phi) is 3.61. The smallest absolute Gasteiger partial charge is 0.235 e. The molecule has 1 heterocycles. The largest absolute Gasteiger partial charge is 0.368 e. The van der Waals surface area contributed by atoms with E-state index in [1.165, 1.54) is 0 Å². The highest BCUT2D eigenvalue weighted by atomic mass is 32.2. The van der Waals surface area contributed by atoms with Gasteiger partial charge in [-0.2, -0.15) is 0 Å². The van der Waals surface area contributed by atoms with Gasteiger partial charge in [0.2, 0.25) is 5.91 Å². The van der Waals surface area contributed by atoms with E-state index in [9.17, 15) is 4.79 Å². The minimum absolute atomic E-state index is 0.230. The maximum atomic E-state index is 11.2. The summed E-state index contributed by atoms with van der Waals surface area (Å²) in [7, 11) is 0. The van der Waals surface area contributed by atoms with Crippen LogP contribution in [0.5, 0.6) is 0 Å². The Hall–Kier alpha value is -0.590. The van der Waals surface area contributed by atoms with E-state index < -0.39 is 0 Å². The van der Waals surface area contributed by atoms with Crippen molar-refractivity contribution in [3.63, 3.8) is 0 Å². The van der Waals surface area contributed by atoms with Gasteiger partial charge in [-0.25, -0.2) is 4.98 Å². The van der Waals surface area contributed by atoms with Crippen LogP contribution in [0, 0.1) is 0 Å². The van der Waals surface area contributed by atoms with E-state index in [1.807, 2.05) is 5.38 Å². The summed E-state index contributed by atoms with van der Waals surface area (Å²) in [4.78, 5) is 15.3. The molecule has 3 N–H and O–H groups in total. The second kappa shape index (κ2) is 4.96. The number of hydrogen-bond acceptors (Lipinski definition) is 5.